The van der Waals surface area contributed by atoms with Gasteiger partial charge in [0, 0.05) is 13.0 Å². The van der Waals surface area contributed by atoms with Crippen LogP contribution in [0.1, 0.15) is 32.1 Å². The van der Waals surface area contributed by atoms with Gasteiger partial charge in [-0.05, 0) is 37.7 Å². The first-order valence-corrected chi connectivity index (χ1v) is 5.17. The molecular formula is C11H16O2. The standard InChI is InChI=1S/C11H16O2/c12-10-5-3-9(4-6-10)8-11-2-1-7-13-11/h3,5,9,11H,1-2,4,6-8H2. The summed E-state index contributed by atoms with van der Waals surface area (Å²) in [6.07, 6.45) is 9.55. The van der Waals surface area contributed by atoms with Crippen molar-refractivity contribution in [3.8, 4) is 0 Å². The molecule has 0 aromatic heterocycles. The van der Waals surface area contributed by atoms with Gasteiger partial charge in [0.25, 0.3) is 0 Å². The maximum Gasteiger partial charge on any atom is 0.155 e. The molecule has 2 aliphatic rings. The Morgan fingerprint density at radius 2 is 2.38 bits per heavy atom. The number of carbonyl (C=O) groups excluding carboxylic acids is 1. The molecule has 1 fully saturated rings. The van der Waals surface area contributed by atoms with Crippen LogP contribution in [0.3, 0.4) is 0 Å². The maximum absolute atomic E-state index is 10.9. The molecule has 2 atom stereocenters. The van der Waals surface area contributed by atoms with Crippen molar-refractivity contribution in [2.75, 3.05) is 6.61 Å². The van der Waals surface area contributed by atoms with Gasteiger partial charge in [0.05, 0.1) is 6.10 Å². The highest BCUT2D eigenvalue weighted by Gasteiger charge is 2.21. The first-order chi connectivity index (χ1) is 6.34. The number of ether oxygens (including phenoxy) is 1. The molecule has 0 aromatic carbocycles. The average molecular weight is 180 g/mol. The smallest absolute Gasteiger partial charge is 0.155 e. The molecule has 0 spiro atoms. The minimum atomic E-state index is 0.281. The van der Waals surface area contributed by atoms with Crippen molar-refractivity contribution in [2.45, 2.75) is 38.2 Å². The lowest BCUT2D eigenvalue weighted by Crippen LogP contribution is -2.15. The fourth-order valence-corrected chi connectivity index (χ4v) is 2.11. The molecule has 0 saturated carbocycles. The lowest BCUT2D eigenvalue weighted by molar-refractivity contribution is -0.115. The van der Waals surface area contributed by atoms with Gasteiger partial charge in [-0.2, -0.15) is 0 Å². The predicted octanol–water partition coefficient (Wildman–Crippen LogP) is 2.09. The van der Waals surface area contributed by atoms with Gasteiger partial charge >= 0.3 is 0 Å². The lowest BCUT2D eigenvalue weighted by Gasteiger charge is -2.18. The molecule has 0 radical (unpaired) electrons. The zero-order chi connectivity index (χ0) is 9.10. The highest BCUT2D eigenvalue weighted by atomic mass is 16.5. The Labute approximate surface area is 79.0 Å². The number of rotatable bonds is 2. The van der Waals surface area contributed by atoms with Crippen molar-refractivity contribution in [2.24, 2.45) is 5.92 Å². The summed E-state index contributed by atoms with van der Waals surface area (Å²) in [7, 11) is 0. The van der Waals surface area contributed by atoms with E-state index in [1.165, 1.54) is 12.8 Å². The van der Waals surface area contributed by atoms with Crippen LogP contribution in [0.4, 0.5) is 0 Å². The molecule has 2 rings (SSSR count). The lowest BCUT2D eigenvalue weighted by atomic mass is 9.90. The molecule has 1 aliphatic heterocycles. The van der Waals surface area contributed by atoms with Gasteiger partial charge < -0.3 is 4.74 Å². The minimum Gasteiger partial charge on any atom is -0.378 e. The monoisotopic (exact) mass is 180 g/mol. The average Bonchev–Trinajstić information content (AvgIpc) is 2.62. The van der Waals surface area contributed by atoms with E-state index in [9.17, 15) is 4.79 Å². The molecule has 0 bridgehead atoms. The Kier molecular flexibility index (Phi) is 2.79. The number of hydrogen-bond donors (Lipinski definition) is 0. The fourth-order valence-electron chi connectivity index (χ4n) is 2.11. The van der Waals surface area contributed by atoms with E-state index in [1.807, 2.05) is 0 Å². The van der Waals surface area contributed by atoms with Gasteiger partial charge in [0.1, 0.15) is 0 Å². The van der Waals surface area contributed by atoms with Crippen LogP contribution in [0, 0.1) is 5.92 Å². The van der Waals surface area contributed by atoms with Crippen molar-refractivity contribution in [1.29, 1.82) is 0 Å². The molecule has 1 heterocycles. The molecule has 2 heteroatoms. The second-order valence-electron chi connectivity index (χ2n) is 3.99. The fraction of sp³-hybridized carbons (Fsp3) is 0.727. The molecule has 0 aromatic rings. The van der Waals surface area contributed by atoms with E-state index in [2.05, 4.69) is 6.08 Å². The van der Waals surface area contributed by atoms with Crippen LogP contribution >= 0.6 is 0 Å². The van der Waals surface area contributed by atoms with E-state index in [0.29, 0.717) is 12.0 Å². The Bertz CT molecular complexity index is 214. The number of allylic oxidation sites excluding steroid dienone is 2. The van der Waals surface area contributed by atoms with Crippen LogP contribution in [0.2, 0.25) is 0 Å². The van der Waals surface area contributed by atoms with Crippen molar-refractivity contribution in [1.82, 2.24) is 0 Å². The van der Waals surface area contributed by atoms with Crippen LogP contribution in [-0.2, 0) is 9.53 Å². The van der Waals surface area contributed by atoms with Gasteiger partial charge in [0.15, 0.2) is 5.78 Å². The van der Waals surface area contributed by atoms with Gasteiger partial charge in [-0.25, -0.2) is 0 Å². The third-order valence-electron chi connectivity index (χ3n) is 2.91. The maximum atomic E-state index is 10.9. The van der Waals surface area contributed by atoms with Crippen molar-refractivity contribution in [3.05, 3.63) is 12.2 Å². The molecule has 72 valence electrons. The molecule has 2 nitrogen and oxygen atoms in total. The number of carbonyl (C=O) groups is 1. The highest BCUT2D eigenvalue weighted by molar-refractivity contribution is 5.90. The van der Waals surface area contributed by atoms with Gasteiger partial charge in [-0.15, -0.1) is 0 Å². The van der Waals surface area contributed by atoms with E-state index in [-0.39, 0.29) is 5.78 Å². The Hall–Kier alpha value is -0.630. The normalized spacial score (nSPS) is 34.0. The molecule has 2 unspecified atom stereocenters. The number of ketones is 1. The van der Waals surface area contributed by atoms with Gasteiger partial charge in [0.2, 0.25) is 0 Å². The quantitative estimate of drug-likeness (QED) is 0.650. The molecule has 0 amide bonds. The molecule has 1 saturated heterocycles. The van der Waals surface area contributed by atoms with Crippen LogP contribution in [-0.4, -0.2) is 18.5 Å². The molecular weight excluding hydrogens is 164 g/mol. The summed E-state index contributed by atoms with van der Waals surface area (Å²) in [6.45, 7) is 0.931. The van der Waals surface area contributed by atoms with Crippen molar-refractivity contribution >= 4 is 5.78 Å². The Balaban J connectivity index is 1.81. The first-order valence-electron chi connectivity index (χ1n) is 5.17. The largest absolute Gasteiger partial charge is 0.378 e. The summed E-state index contributed by atoms with van der Waals surface area (Å²) < 4.78 is 5.56. The van der Waals surface area contributed by atoms with E-state index < -0.39 is 0 Å². The Morgan fingerprint density at radius 1 is 1.46 bits per heavy atom. The van der Waals surface area contributed by atoms with Crippen LogP contribution in [0.25, 0.3) is 0 Å². The minimum absolute atomic E-state index is 0.281. The zero-order valence-corrected chi connectivity index (χ0v) is 7.87. The second-order valence-corrected chi connectivity index (χ2v) is 3.99. The summed E-state index contributed by atoms with van der Waals surface area (Å²) in [5.74, 6) is 0.865. The summed E-state index contributed by atoms with van der Waals surface area (Å²) in [5, 5.41) is 0. The van der Waals surface area contributed by atoms with E-state index in [4.69, 9.17) is 4.74 Å². The third kappa shape index (κ3) is 2.41. The highest BCUT2D eigenvalue weighted by Crippen LogP contribution is 2.25. The Morgan fingerprint density at radius 3 is 3.00 bits per heavy atom. The van der Waals surface area contributed by atoms with Crippen molar-refractivity contribution < 1.29 is 9.53 Å². The van der Waals surface area contributed by atoms with Crippen LogP contribution in [0.5, 0.6) is 0 Å². The summed E-state index contributed by atoms with van der Waals surface area (Å²) >= 11 is 0. The zero-order valence-electron chi connectivity index (χ0n) is 7.87. The van der Waals surface area contributed by atoms with Crippen molar-refractivity contribution in [3.63, 3.8) is 0 Å². The molecule has 1 aliphatic carbocycles. The van der Waals surface area contributed by atoms with Gasteiger partial charge in [-0.1, -0.05) is 6.08 Å². The molecule has 0 N–H and O–H groups in total. The predicted molar refractivity (Wildman–Crippen MR) is 50.5 cm³/mol. The SMILES string of the molecule is O=C1C=CC(CC2CCCO2)CC1. The van der Waals surface area contributed by atoms with E-state index in [0.717, 1.165) is 25.9 Å². The van der Waals surface area contributed by atoms with Gasteiger partial charge in [-0.3, -0.25) is 4.79 Å². The van der Waals surface area contributed by atoms with Crippen LogP contribution in [0.15, 0.2) is 12.2 Å². The summed E-state index contributed by atoms with van der Waals surface area (Å²) in [5.41, 5.74) is 0. The topological polar surface area (TPSA) is 26.3 Å². The van der Waals surface area contributed by atoms with E-state index >= 15 is 0 Å². The van der Waals surface area contributed by atoms with Crippen LogP contribution < -0.4 is 0 Å². The summed E-state index contributed by atoms with van der Waals surface area (Å²) in [4.78, 5) is 10.9. The number of hydrogen-bond acceptors (Lipinski definition) is 2. The first kappa shape index (κ1) is 8.95. The van der Waals surface area contributed by atoms with E-state index in [1.54, 1.807) is 6.08 Å². The summed E-state index contributed by atoms with van der Waals surface area (Å²) in [6, 6.07) is 0. The third-order valence-corrected chi connectivity index (χ3v) is 2.91. The second kappa shape index (κ2) is 4.05. The molecule has 13 heavy (non-hydrogen) atoms.